The van der Waals surface area contributed by atoms with Crippen molar-refractivity contribution in [3.05, 3.63) is 28.3 Å². The molecule has 0 unspecified atom stereocenters. The van der Waals surface area contributed by atoms with Crippen molar-refractivity contribution in [2.45, 2.75) is 27.7 Å². The third kappa shape index (κ3) is 3.83. The third-order valence-corrected chi connectivity index (χ3v) is 4.52. The number of hydrogen-bond donors (Lipinski definition) is 0. The van der Waals surface area contributed by atoms with Gasteiger partial charge in [0.25, 0.3) is 5.91 Å². The smallest absolute Gasteiger partial charge is 0.254 e. The summed E-state index contributed by atoms with van der Waals surface area (Å²) < 4.78 is 5.18. The molecule has 0 aliphatic carbocycles. The maximum Gasteiger partial charge on any atom is 0.254 e. The van der Waals surface area contributed by atoms with Crippen molar-refractivity contribution < 1.29 is 14.3 Å². The van der Waals surface area contributed by atoms with Gasteiger partial charge in [0, 0.05) is 37.2 Å². The van der Waals surface area contributed by atoms with E-state index in [-0.39, 0.29) is 11.8 Å². The van der Waals surface area contributed by atoms with Crippen LogP contribution >= 0.6 is 11.6 Å². The van der Waals surface area contributed by atoms with E-state index in [0.717, 1.165) is 5.56 Å². The van der Waals surface area contributed by atoms with Gasteiger partial charge in [0.05, 0.1) is 12.1 Å². The molecule has 0 bridgehead atoms. The molecule has 1 aromatic carbocycles. The minimum Gasteiger partial charge on any atom is -0.495 e. The van der Waals surface area contributed by atoms with Gasteiger partial charge in [0.1, 0.15) is 5.75 Å². The van der Waals surface area contributed by atoms with E-state index in [0.29, 0.717) is 42.5 Å². The van der Waals surface area contributed by atoms with E-state index >= 15 is 0 Å². The molecule has 6 heteroatoms. The average Bonchev–Trinajstić information content (AvgIpc) is 2.54. The maximum atomic E-state index is 12.8. The van der Waals surface area contributed by atoms with Crippen molar-refractivity contribution in [2.75, 3.05) is 33.3 Å². The number of hydrogen-bond acceptors (Lipinski definition) is 3. The number of piperazine rings is 1. The number of carbonyl (C=O) groups is 2. The van der Waals surface area contributed by atoms with Crippen LogP contribution in [0.2, 0.25) is 5.02 Å². The van der Waals surface area contributed by atoms with Gasteiger partial charge in [0.15, 0.2) is 0 Å². The number of aryl methyl sites for hydroxylation is 1. The lowest BCUT2D eigenvalue weighted by Gasteiger charge is -2.37. The third-order valence-electron chi connectivity index (χ3n) is 4.22. The number of carbonyl (C=O) groups excluding carboxylic acids is 2. The molecular weight excluding hydrogens is 328 g/mol. The predicted molar refractivity (Wildman–Crippen MR) is 94.7 cm³/mol. The minimum atomic E-state index is -0.397. The second-order valence-electron chi connectivity index (χ2n) is 7.14. The Morgan fingerprint density at radius 3 is 2.12 bits per heavy atom. The number of halogens is 1. The predicted octanol–water partition coefficient (Wildman–Crippen LogP) is 2.99. The summed E-state index contributed by atoms with van der Waals surface area (Å²) in [5.41, 5.74) is 1.01. The summed E-state index contributed by atoms with van der Waals surface area (Å²) >= 11 is 6.15. The monoisotopic (exact) mass is 352 g/mol. The van der Waals surface area contributed by atoms with E-state index < -0.39 is 5.41 Å². The van der Waals surface area contributed by atoms with E-state index in [2.05, 4.69) is 0 Å². The molecule has 0 N–H and O–H groups in total. The molecule has 1 heterocycles. The Morgan fingerprint density at radius 2 is 1.62 bits per heavy atom. The number of ether oxygens (including phenoxy) is 1. The zero-order valence-corrected chi connectivity index (χ0v) is 15.7. The lowest BCUT2D eigenvalue weighted by Crippen LogP contribution is -2.53. The first kappa shape index (κ1) is 18.6. The number of amides is 2. The fourth-order valence-electron chi connectivity index (χ4n) is 2.80. The normalized spacial score (nSPS) is 15.4. The fourth-order valence-corrected chi connectivity index (χ4v) is 3.04. The molecule has 1 aliphatic rings. The Labute approximate surface area is 148 Å². The molecule has 0 aromatic heterocycles. The molecule has 132 valence electrons. The van der Waals surface area contributed by atoms with Gasteiger partial charge in [-0.2, -0.15) is 0 Å². The van der Waals surface area contributed by atoms with E-state index in [4.69, 9.17) is 16.3 Å². The van der Waals surface area contributed by atoms with Crippen molar-refractivity contribution in [2.24, 2.45) is 5.41 Å². The minimum absolute atomic E-state index is 0.0556. The average molecular weight is 353 g/mol. The van der Waals surface area contributed by atoms with Gasteiger partial charge in [-0.15, -0.1) is 0 Å². The summed E-state index contributed by atoms with van der Waals surface area (Å²) in [6.45, 7) is 9.79. The van der Waals surface area contributed by atoms with Gasteiger partial charge in [-0.1, -0.05) is 32.4 Å². The molecule has 24 heavy (non-hydrogen) atoms. The highest BCUT2D eigenvalue weighted by Crippen LogP contribution is 2.29. The van der Waals surface area contributed by atoms with Crippen LogP contribution in [0.1, 0.15) is 36.7 Å². The number of benzene rings is 1. The summed E-state index contributed by atoms with van der Waals surface area (Å²) in [7, 11) is 1.55. The Kier molecular flexibility index (Phi) is 5.43. The van der Waals surface area contributed by atoms with Crippen LogP contribution in [0.4, 0.5) is 0 Å². The number of methoxy groups -OCH3 is 1. The Hall–Kier alpha value is -1.75. The standard InChI is InChI=1S/C18H25ClN2O3/c1-12-10-15(24-5)14(19)11-13(12)16(22)20-6-8-21(9-7-20)17(23)18(2,3)4/h10-11H,6-9H2,1-5H3. The molecule has 0 spiro atoms. The molecule has 5 nitrogen and oxygen atoms in total. The van der Waals surface area contributed by atoms with Crippen LogP contribution in [0.15, 0.2) is 12.1 Å². The maximum absolute atomic E-state index is 12.8. The van der Waals surface area contributed by atoms with Crippen molar-refractivity contribution >= 4 is 23.4 Å². The number of nitrogens with zero attached hydrogens (tertiary/aromatic N) is 2. The van der Waals surface area contributed by atoms with Crippen molar-refractivity contribution in [1.29, 1.82) is 0 Å². The van der Waals surface area contributed by atoms with Gasteiger partial charge in [0.2, 0.25) is 5.91 Å². The summed E-state index contributed by atoms with van der Waals surface area (Å²) in [6.07, 6.45) is 0. The summed E-state index contributed by atoms with van der Waals surface area (Å²) in [4.78, 5) is 28.7. The molecule has 2 rings (SSSR count). The van der Waals surface area contributed by atoms with Crippen LogP contribution in [0.25, 0.3) is 0 Å². The topological polar surface area (TPSA) is 49.9 Å². The van der Waals surface area contributed by atoms with Gasteiger partial charge in [-0.05, 0) is 24.6 Å². The first-order chi connectivity index (χ1) is 11.1. The largest absolute Gasteiger partial charge is 0.495 e. The van der Waals surface area contributed by atoms with Crippen molar-refractivity contribution in [3.8, 4) is 5.75 Å². The van der Waals surface area contributed by atoms with Crippen molar-refractivity contribution in [1.82, 2.24) is 9.80 Å². The van der Waals surface area contributed by atoms with E-state index in [1.165, 1.54) is 0 Å². The summed E-state index contributed by atoms with van der Waals surface area (Å²) in [5.74, 6) is 0.629. The van der Waals surface area contributed by atoms with Crippen LogP contribution < -0.4 is 4.74 Å². The van der Waals surface area contributed by atoms with Gasteiger partial charge < -0.3 is 14.5 Å². The lowest BCUT2D eigenvalue weighted by molar-refractivity contribution is -0.140. The van der Waals surface area contributed by atoms with Crippen LogP contribution in [-0.2, 0) is 4.79 Å². The molecule has 2 amide bonds. The van der Waals surface area contributed by atoms with E-state index in [1.54, 1.807) is 24.1 Å². The highest BCUT2D eigenvalue weighted by atomic mass is 35.5. The van der Waals surface area contributed by atoms with E-state index in [9.17, 15) is 9.59 Å². The highest BCUT2D eigenvalue weighted by molar-refractivity contribution is 6.32. The highest BCUT2D eigenvalue weighted by Gasteiger charge is 2.31. The van der Waals surface area contributed by atoms with Crippen LogP contribution in [0.3, 0.4) is 0 Å². The molecule has 1 aliphatic heterocycles. The van der Waals surface area contributed by atoms with Gasteiger partial charge in [-0.3, -0.25) is 9.59 Å². The zero-order chi connectivity index (χ0) is 18.1. The van der Waals surface area contributed by atoms with Gasteiger partial charge >= 0.3 is 0 Å². The molecule has 0 atom stereocenters. The summed E-state index contributed by atoms with van der Waals surface area (Å²) in [5, 5.41) is 0.424. The summed E-state index contributed by atoms with van der Waals surface area (Å²) in [6, 6.07) is 3.43. The van der Waals surface area contributed by atoms with Crippen LogP contribution in [0.5, 0.6) is 5.75 Å². The second kappa shape index (κ2) is 7.01. The molecule has 1 fully saturated rings. The first-order valence-corrected chi connectivity index (χ1v) is 8.45. The number of rotatable bonds is 2. The fraction of sp³-hybridized carbons (Fsp3) is 0.556. The van der Waals surface area contributed by atoms with E-state index in [1.807, 2.05) is 32.6 Å². The molecule has 0 radical (unpaired) electrons. The molecule has 0 saturated carbocycles. The molecular formula is C18H25ClN2O3. The van der Waals surface area contributed by atoms with Crippen molar-refractivity contribution in [3.63, 3.8) is 0 Å². The first-order valence-electron chi connectivity index (χ1n) is 8.08. The zero-order valence-electron chi connectivity index (χ0n) is 15.0. The lowest BCUT2D eigenvalue weighted by atomic mass is 9.94. The van der Waals surface area contributed by atoms with Crippen LogP contribution in [-0.4, -0.2) is 54.9 Å². The van der Waals surface area contributed by atoms with Gasteiger partial charge in [-0.25, -0.2) is 0 Å². The Balaban J connectivity index is 2.09. The quantitative estimate of drug-likeness (QED) is 0.822. The molecule has 1 aromatic rings. The Morgan fingerprint density at radius 1 is 1.08 bits per heavy atom. The second-order valence-corrected chi connectivity index (χ2v) is 7.54. The van der Waals surface area contributed by atoms with Crippen LogP contribution in [0, 0.1) is 12.3 Å². The Bertz CT molecular complexity index is 644. The SMILES string of the molecule is COc1cc(C)c(C(=O)N2CCN(C(=O)C(C)(C)C)CC2)cc1Cl. The molecule has 1 saturated heterocycles.